The first-order valence-electron chi connectivity index (χ1n) is 8.56. The molecule has 1 heterocycles. The van der Waals surface area contributed by atoms with Crippen molar-refractivity contribution in [1.29, 1.82) is 0 Å². The summed E-state index contributed by atoms with van der Waals surface area (Å²) in [6.45, 7) is 0. The second kappa shape index (κ2) is 6.64. The lowest BCUT2D eigenvalue weighted by Crippen LogP contribution is -2.20. The van der Waals surface area contributed by atoms with Crippen molar-refractivity contribution < 1.29 is 19.7 Å². The summed E-state index contributed by atoms with van der Waals surface area (Å²) in [6, 6.07) is 20.4. The number of fused-ring (bicyclic) bond motifs is 1. The van der Waals surface area contributed by atoms with Gasteiger partial charge in [-0.25, -0.2) is 0 Å². The minimum Gasteiger partial charge on any atom is -0.508 e. The van der Waals surface area contributed by atoms with Gasteiger partial charge in [0.2, 0.25) is 0 Å². The number of hydrogen-bond acceptors (Lipinski definition) is 4. The predicted molar refractivity (Wildman–Crippen MR) is 99.0 cm³/mol. The highest BCUT2D eigenvalue weighted by Crippen LogP contribution is 2.46. The predicted octanol–water partition coefficient (Wildman–Crippen LogP) is 4.76. The van der Waals surface area contributed by atoms with Crippen LogP contribution in [0.25, 0.3) is 0 Å². The number of aromatic hydroxyl groups is 2. The number of benzene rings is 3. The molecule has 2 N–H and O–H groups in total. The molecule has 132 valence electrons. The van der Waals surface area contributed by atoms with E-state index in [4.69, 9.17) is 9.47 Å². The Labute approximate surface area is 152 Å². The Kier molecular flexibility index (Phi) is 4.17. The molecule has 0 aliphatic carbocycles. The molecule has 0 bridgehead atoms. The zero-order valence-electron chi connectivity index (χ0n) is 14.4. The van der Waals surface area contributed by atoms with E-state index < -0.39 is 0 Å². The van der Waals surface area contributed by atoms with E-state index in [9.17, 15) is 10.2 Å². The van der Waals surface area contributed by atoms with Crippen LogP contribution < -0.4 is 9.47 Å². The normalized spacial score (nSPS) is 18.7. The summed E-state index contributed by atoms with van der Waals surface area (Å²) in [4.78, 5) is 0. The van der Waals surface area contributed by atoms with Crippen molar-refractivity contribution in [2.75, 3.05) is 7.11 Å². The first-order valence-corrected chi connectivity index (χ1v) is 8.56. The van der Waals surface area contributed by atoms with E-state index in [1.165, 1.54) is 0 Å². The third kappa shape index (κ3) is 3.06. The summed E-state index contributed by atoms with van der Waals surface area (Å²) >= 11 is 0. The van der Waals surface area contributed by atoms with Gasteiger partial charge in [-0.1, -0.05) is 30.3 Å². The van der Waals surface area contributed by atoms with Crippen molar-refractivity contribution >= 4 is 0 Å². The topological polar surface area (TPSA) is 58.9 Å². The van der Waals surface area contributed by atoms with Gasteiger partial charge in [0.25, 0.3) is 0 Å². The smallest absolute Gasteiger partial charge is 0.127 e. The molecule has 0 fully saturated rings. The van der Waals surface area contributed by atoms with E-state index in [0.29, 0.717) is 5.75 Å². The number of phenolic OH excluding ortho intramolecular Hbond substituents is 2. The minimum absolute atomic E-state index is 0.0989. The number of phenols is 2. The van der Waals surface area contributed by atoms with Crippen molar-refractivity contribution in [2.24, 2.45) is 0 Å². The molecule has 3 aromatic carbocycles. The van der Waals surface area contributed by atoms with Crippen molar-refractivity contribution in [2.45, 2.75) is 18.4 Å². The van der Waals surface area contributed by atoms with Crippen molar-refractivity contribution in [1.82, 2.24) is 0 Å². The Morgan fingerprint density at radius 3 is 2.46 bits per heavy atom. The lowest BCUT2D eigenvalue weighted by Gasteiger charge is -2.33. The number of hydrogen-bond donors (Lipinski definition) is 2. The molecule has 0 saturated heterocycles. The molecule has 0 spiro atoms. The third-order valence-corrected chi connectivity index (χ3v) is 4.83. The Bertz CT molecular complexity index is 935. The van der Waals surface area contributed by atoms with Gasteiger partial charge in [-0.3, -0.25) is 0 Å². The van der Waals surface area contributed by atoms with Gasteiger partial charge in [-0.05, 0) is 47.9 Å². The van der Waals surface area contributed by atoms with Crippen LogP contribution in [0.3, 0.4) is 0 Å². The van der Waals surface area contributed by atoms with Crippen LogP contribution in [0.5, 0.6) is 23.0 Å². The molecule has 2 unspecified atom stereocenters. The summed E-state index contributed by atoms with van der Waals surface area (Å²) in [5.74, 6) is 1.96. The van der Waals surface area contributed by atoms with Gasteiger partial charge in [0.1, 0.15) is 29.1 Å². The second-order valence-corrected chi connectivity index (χ2v) is 6.49. The zero-order valence-corrected chi connectivity index (χ0v) is 14.4. The van der Waals surface area contributed by atoms with Crippen LogP contribution in [0.4, 0.5) is 0 Å². The van der Waals surface area contributed by atoms with Crippen LogP contribution in [0.15, 0.2) is 66.7 Å². The average molecular weight is 348 g/mol. The van der Waals surface area contributed by atoms with Crippen molar-refractivity contribution in [3.63, 3.8) is 0 Å². The van der Waals surface area contributed by atoms with E-state index in [-0.39, 0.29) is 23.5 Å². The highest BCUT2D eigenvalue weighted by Gasteiger charge is 2.31. The Morgan fingerprint density at radius 2 is 1.65 bits per heavy atom. The van der Waals surface area contributed by atoms with Crippen LogP contribution >= 0.6 is 0 Å². The third-order valence-electron chi connectivity index (χ3n) is 4.83. The average Bonchev–Trinajstić information content (AvgIpc) is 2.67. The summed E-state index contributed by atoms with van der Waals surface area (Å²) in [5.41, 5.74) is 3.07. The molecule has 2 atom stereocenters. The van der Waals surface area contributed by atoms with E-state index in [1.807, 2.05) is 36.4 Å². The molecule has 4 rings (SSSR count). The maximum atomic E-state index is 9.89. The van der Waals surface area contributed by atoms with Crippen LogP contribution in [0.1, 0.15) is 35.1 Å². The summed E-state index contributed by atoms with van der Waals surface area (Å²) < 4.78 is 11.5. The molecule has 1 aliphatic heterocycles. The first kappa shape index (κ1) is 16.3. The molecular weight excluding hydrogens is 328 g/mol. The van der Waals surface area contributed by atoms with Gasteiger partial charge in [-0.15, -0.1) is 0 Å². The number of rotatable bonds is 3. The molecule has 1 aliphatic rings. The maximum Gasteiger partial charge on any atom is 0.127 e. The zero-order chi connectivity index (χ0) is 18.1. The number of ether oxygens (including phenoxy) is 2. The van der Waals surface area contributed by atoms with E-state index in [2.05, 4.69) is 6.07 Å². The largest absolute Gasteiger partial charge is 0.508 e. The van der Waals surface area contributed by atoms with Crippen LogP contribution in [0, 0.1) is 0 Å². The fraction of sp³-hybridized carbons (Fsp3) is 0.182. The number of methoxy groups -OCH3 is 1. The lowest BCUT2D eigenvalue weighted by molar-refractivity contribution is 0.166. The van der Waals surface area contributed by atoms with E-state index in [1.54, 1.807) is 31.4 Å². The van der Waals surface area contributed by atoms with Gasteiger partial charge >= 0.3 is 0 Å². The van der Waals surface area contributed by atoms with Crippen molar-refractivity contribution in [3.8, 4) is 23.0 Å². The maximum absolute atomic E-state index is 9.89. The molecule has 4 heteroatoms. The Hall–Kier alpha value is -3.14. The quantitative estimate of drug-likeness (QED) is 0.716. The fourth-order valence-corrected chi connectivity index (χ4v) is 3.56. The summed E-state index contributed by atoms with van der Waals surface area (Å²) in [7, 11) is 1.66. The Morgan fingerprint density at radius 1 is 0.885 bits per heavy atom. The van der Waals surface area contributed by atoms with Gasteiger partial charge in [-0.2, -0.15) is 0 Å². The molecule has 0 radical (unpaired) electrons. The summed E-state index contributed by atoms with van der Waals surface area (Å²) in [5, 5.41) is 19.7. The fourth-order valence-electron chi connectivity index (χ4n) is 3.56. The van der Waals surface area contributed by atoms with Gasteiger partial charge in [0.05, 0.1) is 7.11 Å². The summed E-state index contributed by atoms with van der Waals surface area (Å²) in [6.07, 6.45) is 0.515. The van der Waals surface area contributed by atoms with Gasteiger partial charge < -0.3 is 19.7 Å². The molecule has 26 heavy (non-hydrogen) atoms. The van der Waals surface area contributed by atoms with E-state index >= 15 is 0 Å². The molecule has 0 amide bonds. The van der Waals surface area contributed by atoms with Crippen molar-refractivity contribution in [3.05, 3.63) is 83.4 Å². The molecule has 4 nitrogen and oxygen atoms in total. The molecular formula is C22H20O4. The second-order valence-electron chi connectivity index (χ2n) is 6.49. The van der Waals surface area contributed by atoms with Crippen LogP contribution in [-0.4, -0.2) is 17.3 Å². The molecule has 3 aromatic rings. The van der Waals surface area contributed by atoms with Crippen LogP contribution in [-0.2, 0) is 0 Å². The van der Waals surface area contributed by atoms with E-state index in [0.717, 1.165) is 28.9 Å². The molecule has 0 aromatic heterocycles. The highest BCUT2D eigenvalue weighted by molar-refractivity contribution is 5.49. The Balaban J connectivity index is 1.79. The lowest BCUT2D eigenvalue weighted by atomic mass is 9.82. The van der Waals surface area contributed by atoms with Crippen LogP contribution in [0.2, 0.25) is 0 Å². The highest BCUT2D eigenvalue weighted by atomic mass is 16.5. The monoisotopic (exact) mass is 348 g/mol. The standard InChI is InChI=1S/C22H20O4/c1-25-18-7-3-4-14(11-18)20-13-21(15-5-2-6-16(23)10-15)26-22-12-17(24)8-9-19(20)22/h2-12,20-21,23-24H,13H2,1H3. The first-order chi connectivity index (χ1) is 12.6. The van der Waals surface area contributed by atoms with Gasteiger partial charge in [0, 0.05) is 17.5 Å². The SMILES string of the molecule is COc1cccc(C2CC(c3cccc(O)c3)Oc3cc(O)ccc32)c1. The minimum atomic E-state index is -0.215. The van der Waals surface area contributed by atoms with Gasteiger partial charge in [0.15, 0.2) is 0 Å². The molecule has 0 saturated carbocycles.